The maximum absolute atomic E-state index is 13.3. The number of nitrogens with one attached hydrogen (secondary N) is 1. The fourth-order valence-corrected chi connectivity index (χ4v) is 2.29. The van der Waals surface area contributed by atoms with Crippen LogP contribution < -0.4 is 10.1 Å². The second kappa shape index (κ2) is 6.66. The zero-order chi connectivity index (χ0) is 15.4. The van der Waals surface area contributed by atoms with Gasteiger partial charge in [-0.15, -0.1) is 0 Å². The van der Waals surface area contributed by atoms with Crippen LogP contribution in [0.1, 0.15) is 11.1 Å². The summed E-state index contributed by atoms with van der Waals surface area (Å²) >= 11 is 11.5. The van der Waals surface area contributed by atoms with Crippen LogP contribution in [0.2, 0.25) is 10.0 Å². The molecule has 0 aliphatic rings. The van der Waals surface area contributed by atoms with Crippen LogP contribution in [-0.4, -0.2) is 7.11 Å². The van der Waals surface area contributed by atoms with Crippen molar-refractivity contribution >= 4 is 28.9 Å². The summed E-state index contributed by atoms with van der Waals surface area (Å²) in [4.78, 5) is 0. The minimum Gasteiger partial charge on any atom is -0.495 e. The Morgan fingerprint density at radius 1 is 1.24 bits per heavy atom. The van der Waals surface area contributed by atoms with E-state index in [-0.39, 0.29) is 10.0 Å². The Morgan fingerprint density at radius 2 is 1.90 bits per heavy atom. The van der Waals surface area contributed by atoms with E-state index in [9.17, 15) is 4.39 Å². The van der Waals surface area contributed by atoms with Gasteiger partial charge >= 0.3 is 0 Å². The number of anilines is 1. The third-order valence-corrected chi connectivity index (χ3v) is 3.42. The molecule has 2 aromatic rings. The van der Waals surface area contributed by atoms with Gasteiger partial charge in [0.1, 0.15) is 11.8 Å². The molecule has 0 bridgehead atoms. The molecule has 0 amide bonds. The van der Waals surface area contributed by atoms with Gasteiger partial charge in [0, 0.05) is 12.2 Å². The number of halogens is 3. The van der Waals surface area contributed by atoms with Crippen molar-refractivity contribution < 1.29 is 9.13 Å². The first kappa shape index (κ1) is 15.4. The number of nitrogens with zero attached hydrogens (tertiary/aromatic N) is 1. The Morgan fingerprint density at radius 3 is 2.48 bits per heavy atom. The molecule has 6 heteroatoms. The summed E-state index contributed by atoms with van der Waals surface area (Å²) in [6.45, 7) is 0.459. The van der Waals surface area contributed by atoms with E-state index in [1.54, 1.807) is 18.2 Å². The van der Waals surface area contributed by atoms with Gasteiger partial charge in [0.05, 0.1) is 22.7 Å². The van der Waals surface area contributed by atoms with Crippen LogP contribution in [0.3, 0.4) is 0 Å². The van der Waals surface area contributed by atoms with E-state index in [1.165, 1.54) is 19.2 Å². The Balaban J connectivity index is 2.15. The lowest BCUT2D eigenvalue weighted by molar-refractivity contribution is 0.413. The lowest BCUT2D eigenvalue weighted by Crippen LogP contribution is -2.01. The molecule has 1 N–H and O–H groups in total. The topological polar surface area (TPSA) is 45.0 Å². The van der Waals surface area contributed by atoms with Crippen LogP contribution >= 0.6 is 23.2 Å². The van der Waals surface area contributed by atoms with Gasteiger partial charge in [0.2, 0.25) is 0 Å². The highest BCUT2D eigenvalue weighted by Gasteiger charge is 2.08. The summed E-state index contributed by atoms with van der Waals surface area (Å²) in [6, 6.07) is 10.2. The smallest absolute Gasteiger partial charge is 0.160 e. The van der Waals surface area contributed by atoms with Gasteiger partial charge in [0.15, 0.2) is 5.82 Å². The predicted molar refractivity (Wildman–Crippen MR) is 81.5 cm³/mol. The fourth-order valence-electron chi connectivity index (χ4n) is 1.80. The van der Waals surface area contributed by atoms with E-state index in [4.69, 9.17) is 33.2 Å². The Bertz CT molecular complexity index is 690. The van der Waals surface area contributed by atoms with Gasteiger partial charge in [-0.1, -0.05) is 29.3 Å². The first-order chi connectivity index (χ1) is 10.0. The summed E-state index contributed by atoms with van der Waals surface area (Å²) in [5.74, 6) is -0.129. The number of hydrogen-bond donors (Lipinski definition) is 1. The van der Waals surface area contributed by atoms with Gasteiger partial charge in [-0.2, -0.15) is 5.26 Å². The summed E-state index contributed by atoms with van der Waals surface area (Å²) in [5.41, 5.74) is 1.98. The van der Waals surface area contributed by atoms with Crippen molar-refractivity contribution in [2.45, 2.75) is 6.54 Å². The first-order valence-electron chi connectivity index (χ1n) is 6.00. The quantitative estimate of drug-likeness (QED) is 0.834. The molecular weight excluding hydrogens is 314 g/mol. The molecule has 0 spiro atoms. The predicted octanol–water partition coefficient (Wildman–Crippen LogP) is 4.62. The van der Waals surface area contributed by atoms with Crippen LogP contribution in [0, 0.1) is 17.1 Å². The zero-order valence-corrected chi connectivity index (χ0v) is 12.6. The SMILES string of the molecule is COc1cc(CNc2cc(Cl)c(F)c(Cl)c2)ccc1C#N. The number of ether oxygens (including phenoxy) is 1. The third-order valence-electron chi connectivity index (χ3n) is 2.87. The van der Waals surface area contributed by atoms with Crippen molar-refractivity contribution in [1.29, 1.82) is 5.26 Å². The highest BCUT2D eigenvalue weighted by Crippen LogP contribution is 2.28. The second-order valence-electron chi connectivity index (χ2n) is 4.25. The van der Waals surface area contributed by atoms with E-state index in [2.05, 4.69) is 5.32 Å². The van der Waals surface area contributed by atoms with Gasteiger partial charge < -0.3 is 10.1 Å². The van der Waals surface area contributed by atoms with E-state index >= 15 is 0 Å². The maximum atomic E-state index is 13.3. The zero-order valence-electron chi connectivity index (χ0n) is 11.1. The standard InChI is InChI=1S/C15H11Cl2FN2O/c1-21-14-4-9(2-3-10(14)7-19)8-20-11-5-12(16)15(18)13(17)6-11/h2-6,20H,8H2,1H3. The van der Waals surface area contributed by atoms with Gasteiger partial charge in [-0.3, -0.25) is 0 Å². The lowest BCUT2D eigenvalue weighted by atomic mass is 10.1. The molecule has 3 nitrogen and oxygen atoms in total. The average Bonchev–Trinajstić information content (AvgIpc) is 2.50. The van der Waals surface area contributed by atoms with E-state index < -0.39 is 5.82 Å². The van der Waals surface area contributed by atoms with Crippen molar-refractivity contribution in [2.24, 2.45) is 0 Å². The second-order valence-corrected chi connectivity index (χ2v) is 5.07. The molecule has 108 valence electrons. The van der Waals surface area contributed by atoms with Crippen LogP contribution in [0.4, 0.5) is 10.1 Å². The average molecular weight is 325 g/mol. The molecule has 0 aromatic heterocycles. The van der Waals surface area contributed by atoms with E-state index in [0.717, 1.165) is 5.56 Å². The van der Waals surface area contributed by atoms with E-state index in [1.807, 2.05) is 6.07 Å². The van der Waals surface area contributed by atoms with Crippen molar-refractivity contribution in [3.8, 4) is 11.8 Å². The molecule has 0 saturated carbocycles. The van der Waals surface area contributed by atoms with Crippen molar-refractivity contribution in [2.75, 3.05) is 12.4 Å². The molecule has 0 atom stereocenters. The molecular formula is C15H11Cl2FN2O. The number of hydrogen-bond acceptors (Lipinski definition) is 3. The van der Waals surface area contributed by atoms with Gasteiger partial charge in [0.25, 0.3) is 0 Å². The normalized spacial score (nSPS) is 10.0. The van der Waals surface area contributed by atoms with Crippen molar-refractivity contribution in [3.63, 3.8) is 0 Å². The summed E-state index contributed by atoms with van der Waals surface area (Å²) in [7, 11) is 1.51. The molecule has 0 heterocycles. The molecule has 21 heavy (non-hydrogen) atoms. The minimum atomic E-state index is -0.635. The molecule has 0 saturated heterocycles. The number of nitriles is 1. The van der Waals surface area contributed by atoms with E-state index in [0.29, 0.717) is 23.5 Å². The molecule has 2 rings (SSSR count). The molecule has 0 radical (unpaired) electrons. The van der Waals surface area contributed by atoms with Crippen LogP contribution in [0.5, 0.6) is 5.75 Å². The highest BCUT2D eigenvalue weighted by atomic mass is 35.5. The monoisotopic (exact) mass is 324 g/mol. The summed E-state index contributed by atoms with van der Waals surface area (Å²) < 4.78 is 18.5. The molecule has 0 aliphatic heterocycles. The maximum Gasteiger partial charge on any atom is 0.160 e. The van der Waals surface area contributed by atoms with Crippen molar-refractivity contribution in [1.82, 2.24) is 0 Å². The van der Waals surface area contributed by atoms with Crippen LogP contribution in [0.15, 0.2) is 30.3 Å². The summed E-state index contributed by atoms with van der Waals surface area (Å²) in [5, 5.41) is 11.9. The largest absolute Gasteiger partial charge is 0.495 e. The van der Waals surface area contributed by atoms with Gasteiger partial charge in [-0.05, 0) is 29.8 Å². The van der Waals surface area contributed by atoms with Crippen molar-refractivity contribution in [3.05, 3.63) is 57.3 Å². The summed E-state index contributed by atoms with van der Waals surface area (Å²) in [6.07, 6.45) is 0. The highest BCUT2D eigenvalue weighted by molar-refractivity contribution is 6.35. The lowest BCUT2D eigenvalue weighted by Gasteiger charge is -2.10. The third kappa shape index (κ3) is 3.57. The molecule has 0 fully saturated rings. The first-order valence-corrected chi connectivity index (χ1v) is 6.76. The van der Waals surface area contributed by atoms with Gasteiger partial charge in [-0.25, -0.2) is 4.39 Å². The number of benzene rings is 2. The molecule has 2 aromatic carbocycles. The Labute approximate surface area is 131 Å². The number of rotatable bonds is 4. The molecule has 0 unspecified atom stereocenters. The fraction of sp³-hybridized carbons (Fsp3) is 0.133. The number of methoxy groups -OCH3 is 1. The Hall–Kier alpha value is -1.96. The van der Waals surface area contributed by atoms with Crippen LogP contribution in [0.25, 0.3) is 0 Å². The van der Waals surface area contributed by atoms with Crippen LogP contribution in [-0.2, 0) is 6.54 Å². The molecule has 0 aliphatic carbocycles. The minimum absolute atomic E-state index is 0.0394. The Kier molecular flexibility index (Phi) is 4.89.